The number of morpholine rings is 1. The van der Waals surface area contributed by atoms with Gasteiger partial charge in [0.05, 0.1) is 25.9 Å². The molecule has 1 fully saturated rings. The summed E-state index contributed by atoms with van der Waals surface area (Å²) in [6, 6.07) is 7.87. The molecule has 0 saturated carbocycles. The Labute approximate surface area is 137 Å². The van der Waals surface area contributed by atoms with Gasteiger partial charge in [-0.3, -0.25) is 4.90 Å². The van der Waals surface area contributed by atoms with Gasteiger partial charge in [0.1, 0.15) is 5.75 Å². The second-order valence-electron chi connectivity index (χ2n) is 6.16. The Kier molecular flexibility index (Phi) is 5.35. The van der Waals surface area contributed by atoms with Crippen LogP contribution in [-0.4, -0.2) is 56.4 Å². The lowest BCUT2D eigenvalue weighted by Crippen LogP contribution is -2.49. The number of hydrogen-bond donors (Lipinski definition) is 2. The van der Waals surface area contributed by atoms with Crippen molar-refractivity contribution in [3.8, 4) is 5.75 Å². The molecule has 2 amide bonds. The van der Waals surface area contributed by atoms with Crippen LogP contribution in [0, 0.1) is 0 Å². The van der Waals surface area contributed by atoms with E-state index in [0.717, 1.165) is 50.6 Å². The third kappa shape index (κ3) is 4.36. The van der Waals surface area contributed by atoms with Crippen LogP contribution in [0.15, 0.2) is 24.3 Å². The lowest BCUT2D eigenvalue weighted by molar-refractivity contribution is 0.0349. The first kappa shape index (κ1) is 16.1. The van der Waals surface area contributed by atoms with Crippen LogP contribution in [0.3, 0.4) is 0 Å². The van der Waals surface area contributed by atoms with Crippen molar-refractivity contribution in [2.75, 3.05) is 39.5 Å². The number of para-hydroxylation sites is 1. The Morgan fingerprint density at radius 1 is 1.30 bits per heavy atom. The molecule has 0 aromatic heterocycles. The van der Waals surface area contributed by atoms with E-state index in [4.69, 9.17) is 9.47 Å². The summed E-state index contributed by atoms with van der Waals surface area (Å²) in [5.74, 6) is 0.866. The summed E-state index contributed by atoms with van der Waals surface area (Å²) < 4.78 is 11.0. The summed E-state index contributed by atoms with van der Waals surface area (Å²) in [7, 11) is 0. The third-order valence-electron chi connectivity index (χ3n) is 4.28. The largest absolute Gasteiger partial charge is 0.493 e. The number of fused-ring (bicyclic) bond motifs is 1. The summed E-state index contributed by atoms with van der Waals surface area (Å²) in [6.07, 6.45) is 0.794. The highest BCUT2D eigenvalue weighted by atomic mass is 16.5. The van der Waals surface area contributed by atoms with E-state index in [2.05, 4.69) is 15.5 Å². The molecular weight excluding hydrogens is 294 g/mol. The minimum Gasteiger partial charge on any atom is -0.493 e. The van der Waals surface area contributed by atoms with Crippen molar-refractivity contribution in [1.29, 1.82) is 0 Å². The van der Waals surface area contributed by atoms with E-state index in [1.807, 2.05) is 31.2 Å². The average Bonchev–Trinajstić information content (AvgIpc) is 2.56. The van der Waals surface area contributed by atoms with Crippen molar-refractivity contribution in [1.82, 2.24) is 15.5 Å². The zero-order valence-electron chi connectivity index (χ0n) is 13.6. The molecule has 6 heteroatoms. The normalized spacial score (nSPS) is 22.6. The van der Waals surface area contributed by atoms with E-state index in [0.29, 0.717) is 6.61 Å². The molecule has 0 unspecified atom stereocenters. The summed E-state index contributed by atoms with van der Waals surface area (Å²) >= 11 is 0. The maximum Gasteiger partial charge on any atom is 0.315 e. The number of rotatable bonds is 4. The van der Waals surface area contributed by atoms with Crippen LogP contribution in [0.1, 0.15) is 24.9 Å². The highest BCUT2D eigenvalue weighted by Gasteiger charge is 2.23. The van der Waals surface area contributed by atoms with Crippen molar-refractivity contribution in [3.63, 3.8) is 0 Å². The molecule has 126 valence electrons. The lowest BCUT2D eigenvalue weighted by atomic mass is 10.0. The summed E-state index contributed by atoms with van der Waals surface area (Å²) in [6.45, 7) is 6.93. The molecule has 1 aromatic rings. The average molecular weight is 319 g/mol. The standard InChI is InChI=1S/C17H25N3O3/c1-13(12-20-7-10-22-11-8-20)18-17(21)19-15-6-9-23-16-5-3-2-4-14(15)16/h2-5,13,15H,6-12H2,1H3,(H2,18,19,21)/t13-,15+/m0/s1. The van der Waals surface area contributed by atoms with Crippen LogP contribution < -0.4 is 15.4 Å². The molecule has 1 saturated heterocycles. The molecule has 2 aliphatic heterocycles. The molecule has 2 N–H and O–H groups in total. The minimum absolute atomic E-state index is 0.00976. The molecule has 2 atom stereocenters. The molecule has 1 aromatic carbocycles. The van der Waals surface area contributed by atoms with E-state index >= 15 is 0 Å². The summed E-state index contributed by atoms with van der Waals surface area (Å²) in [4.78, 5) is 14.6. The van der Waals surface area contributed by atoms with E-state index in [9.17, 15) is 4.79 Å². The van der Waals surface area contributed by atoms with Crippen LogP contribution in [0.2, 0.25) is 0 Å². The topological polar surface area (TPSA) is 62.8 Å². The first-order valence-electron chi connectivity index (χ1n) is 8.31. The third-order valence-corrected chi connectivity index (χ3v) is 4.28. The maximum atomic E-state index is 12.3. The Balaban J connectivity index is 1.49. The molecule has 0 aliphatic carbocycles. The molecular formula is C17H25N3O3. The number of amides is 2. The van der Waals surface area contributed by atoms with Crippen LogP contribution in [0.4, 0.5) is 4.79 Å². The fourth-order valence-electron chi connectivity index (χ4n) is 3.13. The first-order chi connectivity index (χ1) is 11.2. The van der Waals surface area contributed by atoms with Gasteiger partial charge < -0.3 is 20.1 Å². The quantitative estimate of drug-likeness (QED) is 0.883. The molecule has 6 nitrogen and oxygen atoms in total. The van der Waals surface area contributed by atoms with Gasteiger partial charge in [0.15, 0.2) is 0 Å². The molecule has 0 bridgehead atoms. The van der Waals surface area contributed by atoms with Gasteiger partial charge in [-0.1, -0.05) is 18.2 Å². The van der Waals surface area contributed by atoms with E-state index in [-0.39, 0.29) is 18.1 Å². The number of ether oxygens (including phenoxy) is 2. The van der Waals surface area contributed by atoms with Crippen molar-refractivity contribution < 1.29 is 14.3 Å². The predicted molar refractivity (Wildman–Crippen MR) is 87.7 cm³/mol. The van der Waals surface area contributed by atoms with Crippen molar-refractivity contribution in [3.05, 3.63) is 29.8 Å². The van der Waals surface area contributed by atoms with Gasteiger partial charge in [-0.05, 0) is 13.0 Å². The van der Waals surface area contributed by atoms with E-state index < -0.39 is 0 Å². The second-order valence-corrected chi connectivity index (χ2v) is 6.16. The first-order valence-corrected chi connectivity index (χ1v) is 8.31. The SMILES string of the molecule is C[C@@H](CN1CCOCC1)NC(=O)N[C@@H]1CCOc2ccccc21. The summed E-state index contributed by atoms with van der Waals surface area (Å²) in [5.41, 5.74) is 1.05. The smallest absolute Gasteiger partial charge is 0.315 e. The number of nitrogens with zero attached hydrogens (tertiary/aromatic N) is 1. The van der Waals surface area contributed by atoms with Crippen molar-refractivity contribution >= 4 is 6.03 Å². The van der Waals surface area contributed by atoms with Crippen LogP contribution in [0.25, 0.3) is 0 Å². The van der Waals surface area contributed by atoms with Crippen LogP contribution in [-0.2, 0) is 4.74 Å². The fourth-order valence-corrected chi connectivity index (χ4v) is 3.13. The highest BCUT2D eigenvalue weighted by molar-refractivity contribution is 5.75. The Hall–Kier alpha value is -1.79. The Morgan fingerprint density at radius 2 is 2.09 bits per heavy atom. The molecule has 0 radical (unpaired) electrons. The summed E-state index contributed by atoms with van der Waals surface area (Å²) in [5, 5.41) is 6.10. The van der Waals surface area contributed by atoms with Gasteiger partial charge in [-0.15, -0.1) is 0 Å². The van der Waals surface area contributed by atoms with Gasteiger partial charge >= 0.3 is 6.03 Å². The van der Waals surface area contributed by atoms with Gasteiger partial charge in [-0.2, -0.15) is 0 Å². The minimum atomic E-state index is -0.118. The monoisotopic (exact) mass is 319 g/mol. The molecule has 3 rings (SSSR count). The molecule has 2 heterocycles. The number of benzene rings is 1. The number of hydrogen-bond acceptors (Lipinski definition) is 4. The van der Waals surface area contributed by atoms with Gasteiger partial charge in [0.25, 0.3) is 0 Å². The molecule has 23 heavy (non-hydrogen) atoms. The molecule has 2 aliphatic rings. The van der Waals surface area contributed by atoms with Crippen LogP contribution >= 0.6 is 0 Å². The number of nitrogens with one attached hydrogen (secondary N) is 2. The second kappa shape index (κ2) is 7.66. The number of urea groups is 1. The van der Waals surface area contributed by atoms with Crippen molar-refractivity contribution in [2.24, 2.45) is 0 Å². The molecule has 0 spiro atoms. The zero-order chi connectivity index (χ0) is 16.1. The van der Waals surface area contributed by atoms with E-state index in [1.54, 1.807) is 0 Å². The lowest BCUT2D eigenvalue weighted by Gasteiger charge is -2.30. The van der Waals surface area contributed by atoms with Gasteiger partial charge in [0, 0.05) is 37.7 Å². The van der Waals surface area contributed by atoms with E-state index in [1.165, 1.54) is 0 Å². The maximum absolute atomic E-state index is 12.3. The number of carbonyl (C=O) groups excluding carboxylic acids is 1. The van der Waals surface area contributed by atoms with Gasteiger partial charge in [0.2, 0.25) is 0 Å². The highest BCUT2D eigenvalue weighted by Crippen LogP contribution is 2.31. The van der Waals surface area contributed by atoms with Crippen molar-refractivity contribution in [2.45, 2.75) is 25.4 Å². The van der Waals surface area contributed by atoms with Gasteiger partial charge in [-0.25, -0.2) is 4.79 Å². The zero-order valence-corrected chi connectivity index (χ0v) is 13.6. The number of carbonyl (C=O) groups is 1. The fraction of sp³-hybridized carbons (Fsp3) is 0.588. The van der Waals surface area contributed by atoms with Crippen LogP contribution in [0.5, 0.6) is 5.75 Å². The Morgan fingerprint density at radius 3 is 2.91 bits per heavy atom. The predicted octanol–water partition coefficient (Wildman–Crippen LogP) is 1.53. The Bertz CT molecular complexity index is 532.